The summed E-state index contributed by atoms with van der Waals surface area (Å²) in [7, 11) is 0. The van der Waals surface area contributed by atoms with E-state index in [1.54, 1.807) is 12.1 Å². The van der Waals surface area contributed by atoms with Crippen LogP contribution in [-0.4, -0.2) is 10.5 Å². The fraction of sp³-hybridized carbons (Fsp3) is 0.118. The zero-order valence-electron chi connectivity index (χ0n) is 11.6. The summed E-state index contributed by atoms with van der Waals surface area (Å²) in [5, 5.41) is 3.80. The number of aromatic nitrogens is 1. The topological polar surface area (TPSA) is 34.0 Å². The van der Waals surface area contributed by atoms with E-state index in [9.17, 15) is 9.18 Å². The molecule has 0 radical (unpaired) electrons. The van der Waals surface area contributed by atoms with E-state index in [1.165, 1.54) is 17.7 Å². The summed E-state index contributed by atoms with van der Waals surface area (Å²) in [5.74, 6) is -0.548. The first kappa shape index (κ1) is 13.4. The maximum atomic E-state index is 13.1. The van der Waals surface area contributed by atoms with Crippen molar-refractivity contribution in [2.24, 2.45) is 0 Å². The summed E-state index contributed by atoms with van der Waals surface area (Å²) in [4.78, 5) is 12.0. The van der Waals surface area contributed by atoms with Gasteiger partial charge in [-0.1, -0.05) is 17.7 Å². The fourth-order valence-electron chi connectivity index (χ4n) is 2.38. The number of carbonyl (C=O) groups excluding carboxylic acids is 1. The molecule has 4 heteroatoms. The Bertz CT molecular complexity index is 807. The molecule has 1 N–H and O–H groups in total. The fourth-order valence-corrected chi connectivity index (χ4v) is 2.38. The number of hydrogen-bond donors (Lipinski definition) is 1. The number of aryl methyl sites for hydroxylation is 1. The lowest BCUT2D eigenvalue weighted by molar-refractivity contribution is -0.116. The SMILES string of the molecule is Cc1ccc2c(ccn2CC(=O)Nc2cccc(F)c2)c1. The Morgan fingerprint density at radius 1 is 1.19 bits per heavy atom. The first-order valence-corrected chi connectivity index (χ1v) is 6.73. The molecule has 1 aromatic heterocycles. The third kappa shape index (κ3) is 2.94. The van der Waals surface area contributed by atoms with E-state index in [-0.39, 0.29) is 18.3 Å². The number of carbonyl (C=O) groups is 1. The molecule has 0 aliphatic carbocycles. The monoisotopic (exact) mass is 282 g/mol. The van der Waals surface area contributed by atoms with Crippen LogP contribution >= 0.6 is 0 Å². The third-order valence-electron chi connectivity index (χ3n) is 3.35. The minimum Gasteiger partial charge on any atom is -0.338 e. The predicted molar refractivity (Wildman–Crippen MR) is 81.7 cm³/mol. The maximum absolute atomic E-state index is 13.1. The number of fused-ring (bicyclic) bond motifs is 1. The number of nitrogens with one attached hydrogen (secondary N) is 1. The molecule has 1 heterocycles. The minimum absolute atomic E-state index is 0.182. The van der Waals surface area contributed by atoms with Crippen LogP contribution < -0.4 is 5.32 Å². The quantitative estimate of drug-likeness (QED) is 0.780. The van der Waals surface area contributed by atoms with E-state index in [0.29, 0.717) is 5.69 Å². The van der Waals surface area contributed by atoms with Gasteiger partial charge in [0.25, 0.3) is 0 Å². The van der Waals surface area contributed by atoms with E-state index in [2.05, 4.69) is 11.4 Å². The van der Waals surface area contributed by atoms with Crippen molar-refractivity contribution in [3.8, 4) is 0 Å². The second kappa shape index (κ2) is 5.40. The third-order valence-corrected chi connectivity index (χ3v) is 3.35. The van der Waals surface area contributed by atoms with Crippen molar-refractivity contribution in [2.75, 3.05) is 5.32 Å². The average Bonchev–Trinajstić information content (AvgIpc) is 2.81. The molecule has 3 rings (SSSR count). The summed E-state index contributed by atoms with van der Waals surface area (Å²) in [6.07, 6.45) is 1.88. The molecule has 2 aromatic carbocycles. The molecule has 106 valence electrons. The molecule has 0 bridgehead atoms. The number of halogens is 1. The van der Waals surface area contributed by atoms with Crippen molar-refractivity contribution < 1.29 is 9.18 Å². The van der Waals surface area contributed by atoms with Crippen molar-refractivity contribution in [3.05, 3.63) is 66.1 Å². The van der Waals surface area contributed by atoms with Crippen LogP contribution in [-0.2, 0) is 11.3 Å². The van der Waals surface area contributed by atoms with E-state index in [4.69, 9.17) is 0 Å². The van der Waals surface area contributed by atoms with Crippen molar-refractivity contribution in [3.63, 3.8) is 0 Å². The van der Waals surface area contributed by atoms with Crippen LogP contribution in [0.25, 0.3) is 10.9 Å². The van der Waals surface area contributed by atoms with Crippen molar-refractivity contribution in [2.45, 2.75) is 13.5 Å². The van der Waals surface area contributed by atoms with E-state index < -0.39 is 0 Å². The zero-order valence-corrected chi connectivity index (χ0v) is 11.6. The molecule has 0 spiro atoms. The maximum Gasteiger partial charge on any atom is 0.244 e. The predicted octanol–water partition coefficient (Wildman–Crippen LogP) is 3.73. The highest BCUT2D eigenvalue weighted by atomic mass is 19.1. The van der Waals surface area contributed by atoms with Crippen molar-refractivity contribution in [1.82, 2.24) is 4.57 Å². The Balaban J connectivity index is 1.77. The lowest BCUT2D eigenvalue weighted by atomic mass is 10.2. The van der Waals surface area contributed by atoms with Crippen LogP contribution in [0, 0.1) is 12.7 Å². The van der Waals surface area contributed by atoms with Gasteiger partial charge in [-0.25, -0.2) is 4.39 Å². The van der Waals surface area contributed by atoms with Crippen LogP contribution in [0.2, 0.25) is 0 Å². The normalized spacial score (nSPS) is 10.8. The molecule has 0 unspecified atom stereocenters. The van der Waals surface area contributed by atoms with Gasteiger partial charge in [0.1, 0.15) is 12.4 Å². The Morgan fingerprint density at radius 3 is 2.86 bits per heavy atom. The number of amides is 1. The molecule has 0 atom stereocenters. The molecule has 3 nitrogen and oxygen atoms in total. The van der Waals surface area contributed by atoms with Gasteiger partial charge in [0.2, 0.25) is 5.91 Å². The molecule has 0 aliphatic rings. The molecule has 0 fully saturated rings. The summed E-state index contributed by atoms with van der Waals surface area (Å²) < 4.78 is 15.0. The van der Waals surface area contributed by atoms with Gasteiger partial charge in [-0.05, 0) is 48.7 Å². The van der Waals surface area contributed by atoms with Gasteiger partial charge >= 0.3 is 0 Å². The largest absolute Gasteiger partial charge is 0.338 e. The molecule has 0 aliphatic heterocycles. The standard InChI is InChI=1S/C17H15FN2O/c1-12-5-6-16-13(9-12)7-8-20(16)11-17(21)19-15-4-2-3-14(18)10-15/h2-10H,11H2,1H3,(H,19,21). The number of rotatable bonds is 3. The van der Waals surface area contributed by atoms with Gasteiger partial charge in [-0.3, -0.25) is 4.79 Å². The molecular weight excluding hydrogens is 267 g/mol. The van der Waals surface area contributed by atoms with Crippen LogP contribution in [0.5, 0.6) is 0 Å². The molecule has 3 aromatic rings. The van der Waals surface area contributed by atoms with Gasteiger partial charge < -0.3 is 9.88 Å². The average molecular weight is 282 g/mol. The minimum atomic E-state index is -0.366. The van der Waals surface area contributed by atoms with Crippen LogP contribution in [0.3, 0.4) is 0 Å². The lowest BCUT2D eigenvalue weighted by Gasteiger charge is -2.07. The molecule has 21 heavy (non-hydrogen) atoms. The van der Waals surface area contributed by atoms with Gasteiger partial charge in [-0.15, -0.1) is 0 Å². The van der Waals surface area contributed by atoms with Gasteiger partial charge in [0.15, 0.2) is 0 Å². The van der Waals surface area contributed by atoms with Gasteiger partial charge in [-0.2, -0.15) is 0 Å². The summed E-state index contributed by atoms with van der Waals surface area (Å²) in [5.41, 5.74) is 2.66. The second-order valence-electron chi connectivity index (χ2n) is 5.06. The Hall–Kier alpha value is -2.62. The van der Waals surface area contributed by atoms with Crippen LogP contribution in [0.15, 0.2) is 54.7 Å². The highest BCUT2D eigenvalue weighted by Crippen LogP contribution is 2.17. The number of anilines is 1. The smallest absolute Gasteiger partial charge is 0.244 e. The van der Waals surface area contributed by atoms with E-state index >= 15 is 0 Å². The first-order valence-electron chi connectivity index (χ1n) is 6.73. The van der Waals surface area contributed by atoms with Crippen molar-refractivity contribution >= 4 is 22.5 Å². The van der Waals surface area contributed by atoms with Gasteiger partial charge in [0, 0.05) is 17.4 Å². The highest BCUT2D eigenvalue weighted by Gasteiger charge is 2.07. The Kier molecular flexibility index (Phi) is 3.44. The zero-order chi connectivity index (χ0) is 14.8. The Morgan fingerprint density at radius 2 is 2.05 bits per heavy atom. The molecule has 0 saturated heterocycles. The van der Waals surface area contributed by atoms with Crippen molar-refractivity contribution in [1.29, 1.82) is 0 Å². The lowest BCUT2D eigenvalue weighted by Crippen LogP contribution is -2.18. The summed E-state index contributed by atoms with van der Waals surface area (Å²) in [6.45, 7) is 2.23. The number of nitrogens with zero attached hydrogens (tertiary/aromatic N) is 1. The number of benzene rings is 2. The molecular formula is C17H15FN2O. The van der Waals surface area contributed by atoms with Crippen LogP contribution in [0.4, 0.5) is 10.1 Å². The molecule has 1 amide bonds. The first-order chi connectivity index (χ1) is 10.1. The highest BCUT2D eigenvalue weighted by molar-refractivity contribution is 5.92. The number of hydrogen-bond acceptors (Lipinski definition) is 1. The van der Waals surface area contributed by atoms with Gasteiger partial charge in [0.05, 0.1) is 0 Å². The van der Waals surface area contributed by atoms with E-state index in [1.807, 2.05) is 35.9 Å². The second-order valence-corrected chi connectivity index (χ2v) is 5.06. The molecule has 0 saturated carbocycles. The van der Waals surface area contributed by atoms with E-state index in [0.717, 1.165) is 10.9 Å². The summed E-state index contributed by atoms with van der Waals surface area (Å²) >= 11 is 0. The Labute approximate surface area is 122 Å². The summed E-state index contributed by atoms with van der Waals surface area (Å²) in [6, 6.07) is 14.0. The van der Waals surface area contributed by atoms with Crippen LogP contribution in [0.1, 0.15) is 5.56 Å².